The Labute approximate surface area is 185 Å². The molecular weight excluding hydrogens is 421 g/mol. The highest BCUT2D eigenvalue weighted by Gasteiger charge is 2.28. The van der Waals surface area contributed by atoms with Crippen molar-refractivity contribution in [2.45, 2.75) is 20.1 Å². The Kier molecular flexibility index (Phi) is 6.53. The van der Waals surface area contributed by atoms with Crippen LogP contribution in [0.25, 0.3) is 0 Å². The van der Waals surface area contributed by atoms with E-state index in [1.807, 2.05) is 12.1 Å². The van der Waals surface area contributed by atoms with Crippen LogP contribution in [0.15, 0.2) is 53.1 Å². The molecule has 2 aromatic carbocycles. The normalized spacial score (nSPS) is 14.6. The number of carbonyl (C=O) groups excluding carboxylic acids is 1. The number of aromatic nitrogens is 1. The lowest BCUT2D eigenvalue weighted by atomic mass is 10.1. The first-order valence-electron chi connectivity index (χ1n) is 10.1. The molecule has 0 N–H and O–H groups in total. The number of para-hydroxylation sites is 1. The fourth-order valence-electron chi connectivity index (χ4n) is 3.55. The Morgan fingerprint density at radius 1 is 1.13 bits per heavy atom. The third-order valence-corrected chi connectivity index (χ3v) is 5.69. The lowest BCUT2D eigenvalue weighted by Crippen LogP contribution is -2.48. The molecule has 1 aromatic heterocycles. The van der Waals surface area contributed by atoms with Gasteiger partial charge in [0.15, 0.2) is 5.69 Å². The number of halogens is 2. The van der Waals surface area contributed by atoms with Gasteiger partial charge in [0.1, 0.15) is 23.9 Å². The minimum absolute atomic E-state index is 0.144. The highest BCUT2D eigenvalue weighted by atomic mass is 35.5. The molecule has 0 atom stereocenters. The minimum atomic E-state index is -0.239. The number of hydrogen-bond acceptors (Lipinski definition) is 5. The third kappa shape index (κ3) is 5.06. The van der Waals surface area contributed by atoms with Crippen molar-refractivity contribution in [2.24, 2.45) is 0 Å². The highest BCUT2D eigenvalue weighted by molar-refractivity contribution is 6.32. The van der Waals surface area contributed by atoms with Crippen LogP contribution in [0.2, 0.25) is 5.02 Å². The van der Waals surface area contributed by atoms with Gasteiger partial charge >= 0.3 is 0 Å². The Balaban J connectivity index is 1.37. The van der Waals surface area contributed by atoms with Gasteiger partial charge in [-0.2, -0.15) is 0 Å². The van der Waals surface area contributed by atoms with Crippen LogP contribution < -0.4 is 4.74 Å². The maximum Gasteiger partial charge on any atom is 0.276 e. The Hall–Kier alpha value is -2.90. The number of carbonyl (C=O) groups is 1. The molecule has 162 valence electrons. The van der Waals surface area contributed by atoms with Crippen molar-refractivity contribution < 1.29 is 18.4 Å². The first-order valence-corrected chi connectivity index (χ1v) is 10.5. The number of aryl methyl sites for hydroxylation is 1. The molecular formula is C23H23ClFN3O3. The molecule has 8 heteroatoms. The van der Waals surface area contributed by atoms with E-state index in [0.717, 1.165) is 25.2 Å². The average Bonchev–Trinajstić information content (AvgIpc) is 3.15. The molecule has 0 bridgehead atoms. The van der Waals surface area contributed by atoms with Gasteiger partial charge in [0.2, 0.25) is 0 Å². The van der Waals surface area contributed by atoms with E-state index in [1.165, 1.54) is 12.1 Å². The molecule has 0 spiro atoms. The van der Waals surface area contributed by atoms with Crippen LogP contribution in [0.3, 0.4) is 0 Å². The Bertz CT molecular complexity index is 1050. The van der Waals surface area contributed by atoms with Crippen LogP contribution in [0.1, 0.15) is 27.4 Å². The zero-order chi connectivity index (χ0) is 21.8. The maximum absolute atomic E-state index is 13.1. The molecule has 3 aromatic rings. The monoisotopic (exact) mass is 443 g/mol. The first kappa shape index (κ1) is 21.3. The van der Waals surface area contributed by atoms with Crippen molar-refractivity contribution in [1.29, 1.82) is 0 Å². The molecule has 1 fully saturated rings. The summed E-state index contributed by atoms with van der Waals surface area (Å²) in [4.78, 5) is 17.1. The summed E-state index contributed by atoms with van der Waals surface area (Å²) in [5, 5.41) is 4.49. The highest BCUT2D eigenvalue weighted by Crippen LogP contribution is 2.26. The van der Waals surface area contributed by atoms with Gasteiger partial charge in [0.05, 0.1) is 10.6 Å². The molecule has 1 amide bonds. The summed E-state index contributed by atoms with van der Waals surface area (Å²) >= 11 is 6.15. The van der Waals surface area contributed by atoms with Crippen LogP contribution in [0.4, 0.5) is 4.39 Å². The van der Waals surface area contributed by atoms with Gasteiger partial charge in [0, 0.05) is 32.7 Å². The predicted octanol–water partition coefficient (Wildman–Crippen LogP) is 4.31. The number of piperazine rings is 1. The Morgan fingerprint density at radius 2 is 1.84 bits per heavy atom. The second-order valence-electron chi connectivity index (χ2n) is 7.48. The van der Waals surface area contributed by atoms with E-state index in [9.17, 15) is 9.18 Å². The predicted molar refractivity (Wildman–Crippen MR) is 115 cm³/mol. The van der Waals surface area contributed by atoms with Gasteiger partial charge in [0.25, 0.3) is 5.91 Å². The molecule has 2 heterocycles. The molecule has 0 unspecified atom stereocenters. The largest absolute Gasteiger partial charge is 0.487 e. The molecule has 6 nitrogen and oxygen atoms in total. The summed E-state index contributed by atoms with van der Waals surface area (Å²) in [7, 11) is 0. The van der Waals surface area contributed by atoms with Gasteiger partial charge in [-0.3, -0.25) is 9.69 Å². The SMILES string of the molecule is Cc1onc(C(=O)N2CCN(Cc3ccc(F)cc3)CC2)c1COc1ccccc1Cl. The number of nitrogens with zero attached hydrogens (tertiary/aromatic N) is 3. The standard InChI is InChI=1S/C23H23ClFN3O3/c1-16-19(15-30-21-5-3-2-4-20(21)24)22(26-31-16)23(29)28-12-10-27(11-13-28)14-17-6-8-18(25)9-7-17/h2-9H,10-15H2,1H3. The molecule has 1 saturated heterocycles. The summed E-state index contributed by atoms with van der Waals surface area (Å²) in [5.41, 5.74) is 1.95. The third-order valence-electron chi connectivity index (χ3n) is 5.37. The van der Waals surface area contributed by atoms with E-state index >= 15 is 0 Å². The van der Waals surface area contributed by atoms with Crippen molar-refractivity contribution in [3.05, 3.63) is 82.0 Å². The quantitative estimate of drug-likeness (QED) is 0.568. The number of benzene rings is 2. The van der Waals surface area contributed by atoms with Gasteiger partial charge in [-0.1, -0.05) is 41.0 Å². The van der Waals surface area contributed by atoms with E-state index in [0.29, 0.717) is 35.2 Å². The fourth-order valence-corrected chi connectivity index (χ4v) is 3.74. The van der Waals surface area contributed by atoms with Crippen molar-refractivity contribution in [3.63, 3.8) is 0 Å². The van der Waals surface area contributed by atoms with Crippen LogP contribution >= 0.6 is 11.6 Å². The van der Waals surface area contributed by atoms with Crippen molar-refractivity contribution >= 4 is 17.5 Å². The van der Waals surface area contributed by atoms with Gasteiger partial charge in [-0.15, -0.1) is 0 Å². The summed E-state index contributed by atoms with van der Waals surface area (Å²) < 4.78 is 24.2. The molecule has 0 aliphatic carbocycles. The van der Waals surface area contributed by atoms with Crippen LogP contribution in [0.5, 0.6) is 5.75 Å². The second kappa shape index (κ2) is 9.49. The summed E-state index contributed by atoms with van der Waals surface area (Å²) in [6, 6.07) is 13.7. The molecule has 1 aliphatic rings. The van der Waals surface area contributed by atoms with Crippen molar-refractivity contribution in [2.75, 3.05) is 26.2 Å². The lowest BCUT2D eigenvalue weighted by molar-refractivity contribution is 0.0616. The maximum atomic E-state index is 13.1. The van der Waals surface area contributed by atoms with E-state index in [4.69, 9.17) is 20.9 Å². The number of rotatable bonds is 6. The zero-order valence-electron chi connectivity index (χ0n) is 17.2. The summed E-state index contributed by atoms with van der Waals surface area (Å²) in [6.07, 6.45) is 0. The molecule has 0 radical (unpaired) electrons. The molecule has 4 rings (SSSR count). The summed E-state index contributed by atoms with van der Waals surface area (Å²) in [6.45, 7) is 5.24. The number of ether oxygens (including phenoxy) is 1. The minimum Gasteiger partial charge on any atom is -0.487 e. The smallest absolute Gasteiger partial charge is 0.276 e. The van der Waals surface area contributed by atoms with Gasteiger partial charge < -0.3 is 14.2 Å². The van der Waals surface area contributed by atoms with Gasteiger partial charge in [-0.05, 0) is 36.8 Å². The number of hydrogen-bond donors (Lipinski definition) is 0. The fraction of sp³-hybridized carbons (Fsp3) is 0.304. The van der Waals surface area contributed by atoms with E-state index in [2.05, 4.69) is 10.1 Å². The van der Waals surface area contributed by atoms with Crippen LogP contribution in [-0.2, 0) is 13.2 Å². The Morgan fingerprint density at radius 3 is 2.55 bits per heavy atom. The first-order chi connectivity index (χ1) is 15.0. The van der Waals surface area contributed by atoms with E-state index in [-0.39, 0.29) is 24.0 Å². The summed E-state index contributed by atoms with van der Waals surface area (Å²) in [5.74, 6) is 0.676. The topological polar surface area (TPSA) is 58.8 Å². The van der Waals surface area contributed by atoms with Crippen LogP contribution in [0, 0.1) is 12.7 Å². The second-order valence-corrected chi connectivity index (χ2v) is 7.89. The van der Waals surface area contributed by atoms with Crippen molar-refractivity contribution in [1.82, 2.24) is 15.0 Å². The molecule has 0 saturated carbocycles. The molecule has 31 heavy (non-hydrogen) atoms. The van der Waals surface area contributed by atoms with Crippen LogP contribution in [-0.4, -0.2) is 47.0 Å². The molecule has 1 aliphatic heterocycles. The van der Waals surface area contributed by atoms with Crippen molar-refractivity contribution in [3.8, 4) is 5.75 Å². The number of amides is 1. The van der Waals surface area contributed by atoms with E-state index in [1.54, 1.807) is 36.1 Å². The lowest BCUT2D eigenvalue weighted by Gasteiger charge is -2.34. The zero-order valence-corrected chi connectivity index (χ0v) is 17.9. The average molecular weight is 444 g/mol. The van der Waals surface area contributed by atoms with Gasteiger partial charge in [-0.25, -0.2) is 4.39 Å². The van der Waals surface area contributed by atoms with E-state index < -0.39 is 0 Å².